The fourth-order valence-electron chi connectivity index (χ4n) is 6.96. The van der Waals surface area contributed by atoms with Gasteiger partial charge in [0, 0.05) is 10.8 Å². The standard InChI is InChI=1S/C37H44O4/c1-20-15-32(38)24(5)11-28(20)36(9,29-12-25(6)33(39)16-21(29)2)19-37(10,30-13-26(7)34(40)17-22(30)3)31-14-27(8)35(41)18-23(31)4/h11-18,38-41H,19H2,1-10H3. The molecule has 0 aliphatic heterocycles. The number of benzene rings is 4. The predicted octanol–water partition coefficient (Wildman–Crippen LogP) is 8.68. The van der Waals surface area contributed by atoms with Crippen LogP contribution in [0.2, 0.25) is 0 Å². The van der Waals surface area contributed by atoms with Crippen LogP contribution in [-0.2, 0) is 10.8 Å². The van der Waals surface area contributed by atoms with Crippen LogP contribution >= 0.6 is 0 Å². The highest BCUT2D eigenvalue weighted by atomic mass is 16.3. The van der Waals surface area contributed by atoms with Crippen molar-refractivity contribution in [2.45, 2.75) is 86.5 Å². The van der Waals surface area contributed by atoms with Crippen molar-refractivity contribution in [3.63, 3.8) is 0 Å². The first-order valence-corrected chi connectivity index (χ1v) is 14.2. The van der Waals surface area contributed by atoms with E-state index in [4.69, 9.17) is 0 Å². The topological polar surface area (TPSA) is 80.9 Å². The molecule has 0 radical (unpaired) electrons. The first-order valence-electron chi connectivity index (χ1n) is 14.2. The highest BCUT2D eigenvalue weighted by Gasteiger charge is 2.43. The molecule has 0 aliphatic rings. The summed E-state index contributed by atoms with van der Waals surface area (Å²) < 4.78 is 0. The molecule has 0 saturated heterocycles. The number of phenolic OH excluding ortho intramolecular Hbond substituents is 4. The van der Waals surface area contributed by atoms with E-state index < -0.39 is 10.8 Å². The van der Waals surface area contributed by atoms with Gasteiger partial charge >= 0.3 is 0 Å². The zero-order valence-electron chi connectivity index (χ0n) is 26.1. The van der Waals surface area contributed by atoms with Crippen LogP contribution in [0.25, 0.3) is 0 Å². The maximum absolute atomic E-state index is 10.6. The first kappa shape index (κ1) is 30.0. The molecule has 0 atom stereocenters. The van der Waals surface area contributed by atoms with Gasteiger partial charge in [-0.1, -0.05) is 38.1 Å². The van der Waals surface area contributed by atoms with Gasteiger partial charge in [-0.25, -0.2) is 0 Å². The third-order valence-electron chi connectivity index (χ3n) is 9.26. The second-order valence-corrected chi connectivity index (χ2v) is 12.7. The summed E-state index contributed by atoms with van der Waals surface area (Å²) in [6.45, 7) is 20.4. The van der Waals surface area contributed by atoms with Crippen LogP contribution in [0.4, 0.5) is 0 Å². The van der Waals surface area contributed by atoms with Gasteiger partial charge in [0.25, 0.3) is 0 Å². The summed E-state index contributed by atoms with van der Waals surface area (Å²) in [4.78, 5) is 0. The fourth-order valence-corrected chi connectivity index (χ4v) is 6.96. The van der Waals surface area contributed by atoms with Crippen molar-refractivity contribution >= 4 is 0 Å². The number of hydrogen-bond acceptors (Lipinski definition) is 4. The van der Waals surface area contributed by atoms with Gasteiger partial charge in [0.15, 0.2) is 0 Å². The molecule has 0 bridgehead atoms. The zero-order chi connectivity index (χ0) is 30.6. The predicted molar refractivity (Wildman–Crippen MR) is 168 cm³/mol. The largest absolute Gasteiger partial charge is 0.508 e. The van der Waals surface area contributed by atoms with E-state index in [1.165, 1.54) is 0 Å². The normalized spacial score (nSPS) is 12.1. The van der Waals surface area contributed by atoms with Crippen molar-refractivity contribution < 1.29 is 20.4 Å². The van der Waals surface area contributed by atoms with E-state index >= 15 is 0 Å². The monoisotopic (exact) mass is 552 g/mol. The summed E-state index contributed by atoms with van der Waals surface area (Å²) in [6.07, 6.45) is 0.645. The van der Waals surface area contributed by atoms with Crippen LogP contribution in [0.15, 0.2) is 48.5 Å². The smallest absolute Gasteiger partial charge is 0.118 e. The van der Waals surface area contributed by atoms with Gasteiger partial charge < -0.3 is 20.4 Å². The fraction of sp³-hybridized carbons (Fsp3) is 0.351. The van der Waals surface area contributed by atoms with E-state index in [0.29, 0.717) is 6.42 Å². The van der Waals surface area contributed by atoms with E-state index in [9.17, 15) is 20.4 Å². The molecule has 0 spiro atoms. The van der Waals surface area contributed by atoms with E-state index in [2.05, 4.69) is 38.1 Å². The molecule has 4 aromatic rings. The molecule has 4 rings (SSSR count). The van der Waals surface area contributed by atoms with Crippen molar-refractivity contribution in [1.82, 2.24) is 0 Å². The minimum atomic E-state index is -0.559. The number of aromatic hydroxyl groups is 4. The molecule has 216 valence electrons. The Morgan fingerprint density at radius 2 is 0.561 bits per heavy atom. The summed E-state index contributed by atoms with van der Waals surface area (Å²) >= 11 is 0. The summed E-state index contributed by atoms with van der Waals surface area (Å²) in [5, 5.41) is 42.4. The molecule has 0 heterocycles. The van der Waals surface area contributed by atoms with E-state index in [1.807, 2.05) is 79.7 Å². The third kappa shape index (κ3) is 5.16. The minimum absolute atomic E-state index is 0.268. The summed E-state index contributed by atoms with van der Waals surface area (Å²) in [5.74, 6) is 1.07. The van der Waals surface area contributed by atoms with Gasteiger partial charge in [-0.3, -0.25) is 0 Å². The van der Waals surface area contributed by atoms with E-state index in [-0.39, 0.29) is 23.0 Å². The Balaban J connectivity index is 2.15. The van der Waals surface area contributed by atoms with Crippen molar-refractivity contribution in [3.05, 3.63) is 115 Å². The molecule has 0 fully saturated rings. The van der Waals surface area contributed by atoms with Crippen LogP contribution in [0.1, 0.15) is 87.0 Å². The van der Waals surface area contributed by atoms with Gasteiger partial charge in [-0.15, -0.1) is 0 Å². The maximum Gasteiger partial charge on any atom is 0.118 e. The van der Waals surface area contributed by atoms with Gasteiger partial charge in [0.1, 0.15) is 23.0 Å². The molecule has 4 heteroatoms. The van der Waals surface area contributed by atoms with Gasteiger partial charge in [-0.2, -0.15) is 0 Å². The second-order valence-electron chi connectivity index (χ2n) is 12.7. The number of phenols is 4. The number of rotatable bonds is 6. The molecule has 4 aromatic carbocycles. The summed E-state index contributed by atoms with van der Waals surface area (Å²) in [7, 11) is 0. The SMILES string of the molecule is Cc1cc(C(C)(CC(C)(c2cc(C)c(O)cc2C)c2cc(C)c(O)cc2C)c2cc(C)c(O)cc2C)c(C)cc1O. The Bertz CT molecular complexity index is 1420. The van der Waals surface area contributed by atoms with Crippen LogP contribution in [0.3, 0.4) is 0 Å². The minimum Gasteiger partial charge on any atom is -0.508 e. The average Bonchev–Trinajstić information content (AvgIpc) is 2.87. The van der Waals surface area contributed by atoms with Gasteiger partial charge in [0.2, 0.25) is 0 Å². The lowest BCUT2D eigenvalue weighted by Crippen LogP contribution is -2.38. The summed E-state index contributed by atoms with van der Waals surface area (Å²) in [6, 6.07) is 15.7. The molecule has 0 saturated carbocycles. The van der Waals surface area contributed by atoms with E-state index in [1.54, 1.807) is 0 Å². The highest BCUT2D eigenvalue weighted by molar-refractivity contribution is 5.58. The molecule has 0 aromatic heterocycles. The average molecular weight is 553 g/mol. The third-order valence-corrected chi connectivity index (χ3v) is 9.26. The van der Waals surface area contributed by atoms with E-state index in [0.717, 1.165) is 66.8 Å². The lowest BCUT2D eigenvalue weighted by Gasteiger charge is -2.44. The van der Waals surface area contributed by atoms with Gasteiger partial charge in [-0.05, 0) is 153 Å². The quantitative estimate of drug-likeness (QED) is 0.193. The maximum atomic E-state index is 10.6. The Hall–Kier alpha value is -3.92. The van der Waals surface area contributed by atoms with Crippen molar-refractivity contribution in [3.8, 4) is 23.0 Å². The zero-order valence-corrected chi connectivity index (χ0v) is 26.1. The second kappa shape index (κ2) is 10.5. The highest BCUT2D eigenvalue weighted by Crippen LogP contribution is 2.51. The summed E-state index contributed by atoms with van der Waals surface area (Å²) in [5.41, 5.74) is 10.5. The number of hydrogen-bond donors (Lipinski definition) is 4. The van der Waals surface area contributed by atoms with Crippen LogP contribution < -0.4 is 0 Å². The molecule has 0 amide bonds. The molecule has 4 nitrogen and oxygen atoms in total. The molecule has 0 unspecified atom stereocenters. The Morgan fingerprint density at radius 3 is 0.756 bits per heavy atom. The van der Waals surface area contributed by atoms with Crippen LogP contribution in [0, 0.1) is 55.4 Å². The molecular formula is C37H44O4. The molecule has 4 N–H and O–H groups in total. The number of aryl methyl sites for hydroxylation is 8. The Kier molecular flexibility index (Phi) is 7.68. The van der Waals surface area contributed by atoms with Crippen molar-refractivity contribution in [2.75, 3.05) is 0 Å². The van der Waals surface area contributed by atoms with Crippen molar-refractivity contribution in [1.29, 1.82) is 0 Å². The Morgan fingerprint density at radius 1 is 0.366 bits per heavy atom. The molecular weight excluding hydrogens is 508 g/mol. The molecule has 0 aliphatic carbocycles. The van der Waals surface area contributed by atoms with Crippen LogP contribution in [-0.4, -0.2) is 20.4 Å². The Labute approximate surface area is 245 Å². The van der Waals surface area contributed by atoms with Crippen molar-refractivity contribution in [2.24, 2.45) is 0 Å². The molecule has 41 heavy (non-hydrogen) atoms. The van der Waals surface area contributed by atoms with Gasteiger partial charge in [0.05, 0.1) is 0 Å². The first-order chi connectivity index (χ1) is 19.0. The lowest BCUT2D eigenvalue weighted by molar-refractivity contribution is 0.385. The van der Waals surface area contributed by atoms with Crippen LogP contribution in [0.5, 0.6) is 23.0 Å². The lowest BCUT2D eigenvalue weighted by atomic mass is 9.59.